The fourth-order valence-electron chi connectivity index (χ4n) is 0.0758. The topological polar surface area (TPSA) is 0 Å². The fraction of sp³-hybridized carbons (Fsp3) is 1.00. The zero-order valence-electron chi connectivity index (χ0n) is 3.97. The minimum Gasteiger partial charge on any atom is -0.212 e. The van der Waals surface area contributed by atoms with Crippen LogP contribution in [-0.2, 0) is 0 Å². The van der Waals surface area contributed by atoms with Gasteiger partial charge in [-0.25, -0.2) is 13.2 Å². The molecule has 0 aliphatic rings. The number of alkyl halides is 6. The van der Waals surface area contributed by atoms with E-state index in [1.807, 2.05) is 0 Å². The van der Waals surface area contributed by atoms with Crippen LogP contribution in [-0.4, -0.2) is 14.7 Å². The predicted molar refractivity (Wildman–Crippen MR) is 40.4 cm³/mol. The highest BCUT2D eigenvalue weighted by atomic mass is 79.9. The van der Waals surface area contributed by atoms with Crippen LogP contribution in [0.25, 0.3) is 0 Å². The summed E-state index contributed by atoms with van der Waals surface area (Å²) in [6, 6.07) is 0. The van der Waals surface area contributed by atoms with Crippen LogP contribution in [0.4, 0.5) is 13.2 Å². The minimum atomic E-state index is -3.44. The van der Waals surface area contributed by atoms with E-state index in [1.54, 1.807) is 0 Å². The number of rotatable bonds is 2. The average molecular weight is 335 g/mol. The molecule has 0 N–H and O–H groups in total. The lowest BCUT2D eigenvalue weighted by Gasteiger charge is -2.20. The van der Waals surface area contributed by atoms with Crippen molar-refractivity contribution < 1.29 is 13.2 Å². The Kier molecular flexibility index (Phi) is 3.51. The molecule has 0 aromatic carbocycles. The molecule has 0 nitrogen and oxygen atoms in total. The van der Waals surface area contributed by atoms with Gasteiger partial charge in [0.2, 0.25) is 0 Å². The Hall–Kier alpha value is 1.23. The zero-order valence-corrected chi connectivity index (χ0v) is 8.73. The lowest BCUT2D eigenvalue weighted by Crippen LogP contribution is -2.34. The lowest BCUT2D eigenvalue weighted by molar-refractivity contribution is -0.0209. The van der Waals surface area contributed by atoms with Crippen molar-refractivity contribution >= 4 is 47.8 Å². The van der Waals surface area contributed by atoms with E-state index in [-0.39, 0.29) is 0 Å². The quantitative estimate of drug-likeness (QED) is 0.679. The van der Waals surface area contributed by atoms with Gasteiger partial charge in [0.05, 0.1) is 5.33 Å². The number of halogens is 6. The molecule has 0 aliphatic carbocycles. The molecule has 0 spiro atoms. The molecule has 0 fully saturated rings. The van der Waals surface area contributed by atoms with Gasteiger partial charge in [-0.05, 0) is 31.9 Å². The molecule has 0 aromatic heterocycles. The van der Waals surface area contributed by atoms with E-state index in [0.717, 1.165) is 0 Å². The summed E-state index contributed by atoms with van der Waals surface area (Å²) >= 11 is 6.72. The molecule has 0 aromatic rings. The first-order valence-corrected chi connectivity index (χ1v) is 4.52. The van der Waals surface area contributed by atoms with E-state index in [9.17, 15) is 13.2 Å². The van der Waals surface area contributed by atoms with Gasteiger partial charge in [0.25, 0.3) is 3.49 Å². The molecule has 9 heavy (non-hydrogen) atoms. The van der Waals surface area contributed by atoms with E-state index >= 15 is 0 Å². The number of hydrogen-bond acceptors (Lipinski definition) is 0. The van der Waals surface area contributed by atoms with Crippen molar-refractivity contribution in [1.29, 1.82) is 0 Å². The largest absolute Gasteiger partial charge is 0.310 e. The Labute approximate surface area is 75.6 Å². The van der Waals surface area contributed by atoms with Crippen LogP contribution in [0.2, 0.25) is 0 Å². The Bertz CT molecular complexity index is 97.0. The maximum Gasteiger partial charge on any atom is 0.310 e. The van der Waals surface area contributed by atoms with Crippen molar-refractivity contribution in [1.82, 2.24) is 0 Å². The van der Waals surface area contributed by atoms with Crippen molar-refractivity contribution in [3.8, 4) is 0 Å². The van der Waals surface area contributed by atoms with Crippen molar-refractivity contribution in [2.75, 3.05) is 5.33 Å². The van der Waals surface area contributed by atoms with E-state index in [4.69, 9.17) is 0 Å². The van der Waals surface area contributed by atoms with Crippen LogP contribution in [0.1, 0.15) is 0 Å². The zero-order chi connectivity index (χ0) is 7.71. The molecule has 0 amide bonds. The summed E-state index contributed by atoms with van der Waals surface area (Å²) in [5.41, 5.74) is 0. The van der Waals surface area contributed by atoms with Gasteiger partial charge in [-0.2, -0.15) is 0 Å². The number of hydrogen-bond donors (Lipinski definition) is 0. The van der Waals surface area contributed by atoms with Crippen LogP contribution in [0, 0.1) is 0 Å². The minimum absolute atomic E-state index is 0.729. The van der Waals surface area contributed by atoms with Crippen molar-refractivity contribution in [3.05, 3.63) is 0 Å². The van der Waals surface area contributed by atoms with E-state index in [0.29, 0.717) is 0 Å². The molecule has 0 bridgehead atoms. The van der Waals surface area contributed by atoms with Crippen LogP contribution in [0.5, 0.6) is 0 Å². The molecule has 6 heteroatoms. The third kappa shape index (κ3) is 2.76. The smallest absolute Gasteiger partial charge is 0.212 e. The summed E-state index contributed by atoms with van der Waals surface area (Å²) in [6.45, 7) is 0. The summed E-state index contributed by atoms with van der Waals surface area (Å²) in [5.74, 6) is -3.44. The standard InChI is InChI=1S/C3H2Br3F3/c4-1-2(7,8)3(5,6)9/h1H2. The van der Waals surface area contributed by atoms with Crippen molar-refractivity contribution in [2.24, 2.45) is 0 Å². The van der Waals surface area contributed by atoms with Gasteiger partial charge in [-0.3, -0.25) is 0 Å². The Morgan fingerprint density at radius 1 is 1.11 bits per heavy atom. The van der Waals surface area contributed by atoms with Gasteiger partial charge in [-0.1, -0.05) is 15.9 Å². The highest BCUT2D eigenvalue weighted by Crippen LogP contribution is 2.44. The second-order valence-corrected chi connectivity index (χ2v) is 5.15. The average Bonchev–Trinajstić information content (AvgIpc) is 1.64. The first-order chi connectivity index (χ1) is 3.81. The van der Waals surface area contributed by atoms with Crippen molar-refractivity contribution in [2.45, 2.75) is 9.41 Å². The van der Waals surface area contributed by atoms with Crippen LogP contribution >= 0.6 is 47.8 Å². The molecule has 0 unspecified atom stereocenters. The summed E-state index contributed by atoms with van der Waals surface area (Å²) in [7, 11) is 0. The fourth-order valence-corrected chi connectivity index (χ4v) is 1.49. The highest BCUT2D eigenvalue weighted by molar-refractivity contribution is 9.25. The molecule has 0 heterocycles. The molecular formula is C3H2Br3F3. The molecule has 0 aliphatic heterocycles. The first kappa shape index (κ1) is 10.2. The Morgan fingerprint density at radius 3 is 1.44 bits per heavy atom. The van der Waals surface area contributed by atoms with Gasteiger partial charge in [0.15, 0.2) is 0 Å². The Balaban J connectivity index is 4.14. The maximum absolute atomic E-state index is 12.2. The molecule has 56 valence electrons. The summed E-state index contributed by atoms with van der Waals surface area (Å²) < 4.78 is 33.7. The molecule has 0 radical (unpaired) electrons. The summed E-state index contributed by atoms with van der Waals surface area (Å²) in [6.07, 6.45) is 0. The van der Waals surface area contributed by atoms with Crippen LogP contribution < -0.4 is 0 Å². The highest BCUT2D eigenvalue weighted by Gasteiger charge is 2.50. The van der Waals surface area contributed by atoms with Crippen LogP contribution in [0.15, 0.2) is 0 Å². The van der Waals surface area contributed by atoms with Gasteiger partial charge >= 0.3 is 5.92 Å². The molecule has 0 atom stereocenters. The second-order valence-electron chi connectivity index (χ2n) is 1.34. The SMILES string of the molecule is FC(Br)(Br)C(F)(F)CBr. The summed E-state index contributed by atoms with van der Waals surface area (Å²) in [4.78, 5) is 0. The predicted octanol–water partition coefficient (Wildman–Crippen LogP) is 3.43. The van der Waals surface area contributed by atoms with Gasteiger partial charge < -0.3 is 0 Å². The molecule has 0 saturated heterocycles. The summed E-state index contributed by atoms with van der Waals surface area (Å²) in [5, 5.41) is -0.729. The monoisotopic (exact) mass is 332 g/mol. The maximum atomic E-state index is 12.2. The third-order valence-electron chi connectivity index (χ3n) is 0.583. The normalized spacial score (nSPS) is 14.0. The van der Waals surface area contributed by atoms with Crippen LogP contribution in [0.3, 0.4) is 0 Å². The molecule has 0 rings (SSSR count). The van der Waals surface area contributed by atoms with Gasteiger partial charge in [-0.15, -0.1) is 0 Å². The lowest BCUT2D eigenvalue weighted by atomic mass is 10.4. The third-order valence-corrected chi connectivity index (χ3v) is 2.45. The van der Waals surface area contributed by atoms with E-state index in [2.05, 4.69) is 47.8 Å². The van der Waals surface area contributed by atoms with E-state index < -0.39 is 14.7 Å². The second kappa shape index (κ2) is 3.09. The van der Waals surface area contributed by atoms with Gasteiger partial charge in [0, 0.05) is 0 Å². The van der Waals surface area contributed by atoms with Crippen molar-refractivity contribution in [3.63, 3.8) is 0 Å². The first-order valence-electron chi connectivity index (χ1n) is 1.82. The van der Waals surface area contributed by atoms with Gasteiger partial charge in [0.1, 0.15) is 0 Å². The molecule has 0 saturated carbocycles. The Morgan fingerprint density at radius 2 is 1.44 bits per heavy atom. The van der Waals surface area contributed by atoms with E-state index in [1.165, 1.54) is 0 Å². The molecular weight excluding hydrogens is 333 g/mol.